The summed E-state index contributed by atoms with van der Waals surface area (Å²) in [7, 11) is 0. The van der Waals surface area contributed by atoms with Crippen LogP contribution in [0.1, 0.15) is 80.6 Å². The molecular weight excluding hydrogens is 298 g/mol. The highest BCUT2D eigenvalue weighted by Crippen LogP contribution is 2.42. The molecule has 2 N–H and O–H groups in total. The molecule has 1 aliphatic rings. The van der Waals surface area contributed by atoms with Crippen molar-refractivity contribution < 1.29 is 0 Å². The Morgan fingerprint density at radius 3 is 2.30 bits per heavy atom. The number of nitrogens with two attached hydrogens (primary N) is 1. The Morgan fingerprint density at radius 1 is 1.26 bits per heavy atom. The summed E-state index contributed by atoms with van der Waals surface area (Å²) in [5.41, 5.74) is 10.6. The molecule has 0 spiro atoms. The van der Waals surface area contributed by atoms with E-state index in [1.54, 1.807) is 0 Å². The summed E-state index contributed by atoms with van der Waals surface area (Å²) in [6.45, 7) is 15.9. The van der Waals surface area contributed by atoms with Crippen molar-refractivity contribution in [2.45, 2.75) is 91.4 Å². The lowest BCUT2D eigenvalue weighted by molar-refractivity contribution is 0.477. The molecule has 4 unspecified atom stereocenters. The van der Waals surface area contributed by atoms with Crippen molar-refractivity contribution in [2.24, 2.45) is 23.5 Å². The summed E-state index contributed by atoms with van der Waals surface area (Å²) >= 11 is 5.00. The van der Waals surface area contributed by atoms with Crippen LogP contribution in [-0.2, 0) is 0 Å². The highest BCUT2D eigenvalue weighted by atomic mass is 32.1. The Labute approximate surface area is 150 Å². The Bertz CT molecular complexity index is 447. The van der Waals surface area contributed by atoms with Gasteiger partial charge in [-0.05, 0) is 76.2 Å². The van der Waals surface area contributed by atoms with Crippen molar-refractivity contribution >= 4 is 12.6 Å². The first-order chi connectivity index (χ1) is 10.6. The fraction of sp³-hybridized carbons (Fsp3) is 0.810. The van der Waals surface area contributed by atoms with Crippen LogP contribution < -0.4 is 5.73 Å². The van der Waals surface area contributed by atoms with Crippen LogP contribution in [0.15, 0.2) is 22.8 Å². The fourth-order valence-corrected chi connectivity index (χ4v) is 4.04. The Morgan fingerprint density at radius 2 is 1.87 bits per heavy atom. The van der Waals surface area contributed by atoms with Crippen molar-refractivity contribution in [3.63, 3.8) is 0 Å². The van der Waals surface area contributed by atoms with Crippen LogP contribution in [0.3, 0.4) is 0 Å². The van der Waals surface area contributed by atoms with Crippen molar-refractivity contribution in [1.82, 2.24) is 0 Å². The fourth-order valence-electron chi connectivity index (χ4n) is 3.51. The average molecular weight is 338 g/mol. The molecule has 1 nitrogen and oxygen atoms in total. The number of allylic oxidation sites excluding steroid dienone is 4. The van der Waals surface area contributed by atoms with E-state index in [1.807, 2.05) is 0 Å². The lowest BCUT2D eigenvalue weighted by Crippen LogP contribution is -2.25. The Balaban J connectivity index is 2.93. The first kappa shape index (κ1) is 20.8. The van der Waals surface area contributed by atoms with Gasteiger partial charge in [-0.2, -0.15) is 12.6 Å². The van der Waals surface area contributed by atoms with Gasteiger partial charge in [-0.3, -0.25) is 0 Å². The van der Waals surface area contributed by atoms with Gasteiger partial charge >= 0.3 is 0 Å². The zero-order valence-electron chi connectivity index (χ0n) is 16.4. The molecule has 1 aliphatic carbocycles. The molecule has 0 bridgehead atoms. The lowest BCUT2D eigenvalue weighted by Gasteiger charge is -2.24. The van der Waals surface area contributed by atoms with Crippen LogP contribution in [0.4, 0.5) is 0 Å². The third-order valence-electron chi connectivity index (χ3n) is 5.86. The van der Waals surface area contributed by atoms with Crippen LogP contribution in [-0.4, -0.2) is 10.8 Å². The summed E-state index contributed by atoms with van der Waals surface area (Å²) in [6.07, 6.45) is 8.44. The maximum absolute atomic E-state index is 6.12. The maximum Gasteiger partial charge on any atom is 0.0167 e. The molecule has 0 heterocycles. The molecule has 1 fully saturated rings. The van der Waals surface area contributed by atoms with Gasteiger partial charge in [0, 0.05) is 10.8 Å². The Kier molecular flexibility index (Phi) is 7.93. The minimum Gasteiger partial charge on any atom is -0.328 e. The van der Waals surface area contributed by atoms with Gasteiger partial charge < -0.3 is 5.73 Å². The molecule has 0 saturated heterocycles. The maximum atomic E-state index is 6.12. The predicted molar refractivity (Wildman–Crippen MR) is 108 cm³/mol. The third-order valence-corrected chi connectivity index (χ3v) is 6.45. The first-order valence-corrected chi connectivity index (χ1v) is 9.85. The van der Waals surface area contributed by atoms with Crippen LogP contribution >= 0.6 is 12.6 Å². The van der Waals surface area contributed by atoms with E-state index in [0.717, 1.165) is 18.8 Å². The zero-order chi connectivity index (χ0) is 17.8. The van der Waals surface area contributed by atoms with Gasteiger partial charge in [-0.25, -0.2) is 0 Å². The van der Waals surface area contributed by atoms with E-state index in [9.17, 15) is 0 Å². The number of rotatable bonds is 7. The minimum atomic E-state index is 0.213. The molecule has 2 heteroatoms. The molecule has 4 atom stereocenters. The molecule has 1 saturated carbocycles. The summed E-state index contributed by atoms with van der Waals surface area (Å²) in [5, 5.41) is 0. The standard InChI is InChI=1S/C21H39NS/c1-14(2)18(6)20(12-17(5)19(7)22)16(4)9-11-21(23)10-8-15(3)13-21/h9,14-15,17,19,23H,8,10-13,22H2,1-7H3/b16-9-,20-18-. The van der Waals surface area contributed by atoms with Gasteiger partial charge in [0.1, 0.15) is 0 Å². The molecule has 134 valence electrons. The summed E-state index contributed by atoms with van der Waals surface area (Å²) in [6, 6.07) is 0.240. The summed E-state index contributed by atoms with van der Waals surface area (Å²) < 4.78 is 0.213. The second kappa shape index (κ2) is 8.76. The molecular formula is C21H39NS. The highest BCUT2D eigenvalue weighted by Gasteiger charge is 2.33. The molecule has 23 heavy (non-hydrogen) atoms. The topological polar surface area (TPSA) is 26.0 Å². The van der Waals surface area contributed by atoms with Gasteiger partial charge in [0.25, 0.3) is 0 Å². The minimum absolute atomic E-state index is 0.213. The Hall–Kier alpha value is -0.210. The zero-order valence-corrected chi connectivity index (χ0v) is 17.3. The van der Waals surface area contributed by atoms with Crippen LogP contribution in [0, 0.1) is 17.8 Å². The van der Waals surface area contributed by atoms with Gasteiger partial charge in [0.2, 0.25) is 0 Å². The van der Waals surface area contributed by atoms with Crippen LogP contribution in [0.5, 0.6) is 0 Å². The predicted octanol–water partition coefficient (Wildman–Crippen LogP) is 6.16. The van der Waals surface area contributed by atoms with E-state index in [-0.39, 0.29) is 10.8 Å². The number of hydrogen-bond acceptors (Lipinski definition) is 2. The first-order valence-electron chi connectivity index (χ1n) is 9.40. The molecule has 1 rings (SSSR count). The van der Waals surface area contributed by atoms with E-state index in [2.05, 4.69) is 54.5 Å². The van der Waals surface area contributed by atoms with Crippen molar-refractivity contribution in [3.05, 3.63) is 22.8 Å². The highest BCUT2D eigenvalue weighted by molar-refractivity contribution is 7.81. The second-order valence-electron chi connectivity index (χ2n) is 8.52. The normalized spacial score (nSPS) is 29.7. The molecule has 0 aromatic rings. The lowest BCUT2D eigenvalue weighted by atomic mass is 9.85. The summed E-state index contributed by atoms with van der Waals surface area (Å²) in [4.78, 5) is 0. The second-order valence-corrected chi connectivity index (χ2v) is 9.47. The van der Waals surface area contributed by atoms with E-state index in [4.69, 9.17) is 18.4 Å². The molecule has 0 amide bonds. The quantitative estimate of drug-likeness (QED) is 0.422. The van der Waals surface area contributed by atoms with Gasteiger partial charge in [0.05, 0.1) is 0 Å². The van der Waals surface area contributed by atoms with Gasteiger partial charge in [-0.15, -0.1) is 0 Å². The van der Waals surface area contributed by atoms with E-state index >= 15 is 0 Å². The molecule has 0 radical (unpaired) electrons. The third kappa shape index (κ3) is 6.31. The molecule has 0 aromatic carbocycles. The molecule has 0 aliphatic heterocycles. The molecule has 0 aromatic heterocycles. The number of thiol groups is 1. The van der Waals surface area contributed by atoms with Crippen molar-refractivity contribution in [2.75, 3.05) is 0 Å². The van der Waals surface area contributed by atoms with E-state index in [0.29, 0.717) is 11.8 Å². The van der Waals surface area contributed by atoms with Gasteiger partial charge in [0.15, 0.2) is 0 Å². The van der Waals surface area contributed by atoms with Crippen LogP contribution in [0.2, 0.25) is 0 Å². The van der Waals surface area contributed by atoms with E-state index in [1.165, 1.54) is 36.0 Å². The largest absolute Gasteiger partial charge is 0.328 e. The van der Waals surface area contributed by atoms with Crippen molar-refractivity contribution in [1.29, 1.82) is 0 Å². The average Bonchev–Trinajstić information content (AvgIpc) is 2.81. The summed E-state index contributed by atoms with van der Waals surface area (Å²) in [5.74, 6) is 1.93. The van der Waals surface area contributed by atoms with E-state index < -0.39 is 0 Å². The number of hydrogen-bond donors (Lipinski definition) is 2. The van der Waals surface area contributed by atoms with Gasteiger partial charge in [-0.1, -0.05) is 44.9 Å². The monoisotopic (exact) mass is 337 g/mol. The SMILES string of the molecule is CC(=C/CC1(S)CCC(C)C1)/C(CC(C)C(C)N)=C(/C)C(C)C. The van der Waals surface area contributed by atoms with Crippen molar-refractivity contribution in [3.8, 4) is 0 Å². The smallest absolute Gasteiger partial charge is 0.0167 e. The van der Waals surface area contributed by atoms with Crippen LogP contribution in [0.25, 0.3) is 0 Å².